The average molecular weight is 230 g/mol. The Labute approximate surface area is 102 Å². The van der Waals surface area contributed by atoms with E-state index in [0.29, 0.717) is 16.9 Å². The Morgan fingerprint density at radius 1 is 1.53 bits per heavy atom. The van der Waals surface area contributed by atoms with Gasteiger partial charge < -0.3 is 4.42 Å². The van der Waals surface area contributed by atoms with Gasteiger partial charge in [-0.3, -0.25) is 4.79 Å². The van der Waals surface area contributed by atoms with Gasteiger partial charge >= 0.3 is 0 Å². The molecular weight excluding hydrogens is 212 g/mol. The van der Waals surface area contributed by atoms with Crippen LogP contribution in [0.5, 0.6) is 0 Å². The number of aryl methyl sites for hydroxylation is 1. The van der Waals surface area contributed by atoms with E-state index in [1.165, 1.54) is 17.5 Å². The van der Waals surface area contributed by atoms with Crippen LogP contribution in [-0.4, -0.2) is 6.29 Å². The largest absolute Gasteiger partial charge is 0.472 e. The maximum absolute atomic E-state index is 11.1. The number of carbonyl (C=O) groups excluding carboxylic acids is 1. The van der Waals surface area contributed by atoms with Gasteiger partial charge in [-0.1, -0.05) is 20.4 Å². The third-order valence-corrected chi connectivity index (χ3v) is 4.88. The zero-order valence-electron chi connectivity index (χ0n) is 10.4. The molecule has 0 aliphatic heterocycles. The summed E-state index contributed by atoms with van der Waals surface area (Å²) < 4.78 is 5.33. The summed E-state index contributed by atoms with van der Waals surface area (Å²) in [5, 5.41) is 0. The number of carbonyl (C=O) groups is 1. The van der Waals surface area contributed by atoms with Crippen molar-refractivity contribution in [3.8, 4) is 0 Å². The number of rotatable bonds is 2. The molecule has 2 aliphatic rings. The third-order valence-electron chi connectivity index (χ3n) is 4.88. The van der Waals surface area contributed by atoms with Crippen molar-refractivity contribution in [2.45, 2.75) is 32.6 Å². The molecule has 2 heteroatoms. The van der Waals surface area contributed by atoms with E-state index in [9.17, 15) is 4.79 Å². The van der Waals surface area contributed by atoms with Gasteiger partial charge in [-0.2, -0.15) is 0 Å². The van der Waals surface area contributed by atoms with Crippen molar-refractivity contribution in [3.05, 3.63) is 35.8 Å². The fourth-order valence-electron chi connectivity index (χ4n) is 3.82. The monoisotopic (exact) mass is 230 g/mol. The van der Waals surface area contributed by atoms with Crippen LogP contribution >= 0.6 is 0 Å². The molecule has 1 aromatic rings. The van der Waals surface area contributed by atoms with Gasteiger partial charge in [0.15, 0.2) is 0 Å². The van der Waals surface area contributed by atoms with Gasteiger partial charge in [-0.15, -0.1) is 0 Å². The number of hydrogen-bond acceptors (Lipinski definition) is 2. The minimum absolute atomic E-state index is 0.170. The molecule has 0 amide bonds. The molecule has 17 heavy (non-hydrogen) atoms. The SMILES string of the molecule is C=C(C=O)C1c2cocc2CCC2C1C2(C)C. The molecule has 2 nitrogen and oxygen atoms in total. The minimum atomic E-state index is 0.170. The topological polar surface area (TPSA) is 30.2 Å². The Hall–Kier alpha value is -1.31. The quantitative estimate of drug-likeness (QED) is 0.576. The van der Waals surface area contributed by atoms with Gasteiger partial charge in [0.05, 0.1) is 12.5 Å². The van der Waals surface area contributed by atoms with Crippen molar-refractivity contribution in [1.29, 1.82) is 0 Å². The van der Waals surface area contributed by atoms with Crippen molar-refractivity contribution in [3.63, 3.8) is 0 Å². The fourth-order valence-corrected chi connectivity index (χ4v) is 3.82. The molecule has 1 heterocycles. The summed E-state index contributed by atoms with van der Waals surface area (Å²) in [4.78, 5) is 11.1. The van der Waals surface area contributed by atoms with Gasteiger partial charge in [0.25, 0.3) is 0 Å². The van der Waals surface area contributed by atoms with E-state index in [-0.39, 0.29) is 5.92 Å². The van der Waals surface area contributed by atoms with E-state index in [4.69, 9.17) is 4.42 Å². The van der Waals surface area contributed by atoms with E-state index in [1.54, 1.807) is 0 Å². The Balaban J connectivity index is 2.07. The molecule has 0 N–H and O–H groups in total. The highest BCUT2D eigenvalue weighted by atomic mass is 16.3. The average Bonchev–Trinajstić information content (AvgIpc) is 2.65. The summed E-state index contributed by atoms with van der Waals surface area (Å²) in [7, 11) is 0. The van der Waals surface area contributed by atoms with Crippen LogP contribution in [0, 0.1) is 17.3 Å². The first kappa shape index (κ1) is 10.8. The lowest BCUT2D eigenvalue weighted by atomic mass is 9.84. The summed E-state index contributed by atoms with van der Waals surface area (Å²) >= 11 is 0. The van der Waals surface area contributed by atoms with E-state index in [0.717, 1.165) is 18.6 Å². The molecule has 1 aromatic heterocycles. The summed E-state index contributed by atoms with van der Waals surface area (Å²) in [5.74, 6) is 1.44. The maximum Gasteiger partial charge on any atom is 0.146 e. The van der Waals surface area contributed by atoms with Gasteiger partial charge in [0, 0.05) is 11.5 Å². The highest BCUT2D eigenvalue weighted by molar-refractivity contribution is 5.75. The second kappa shape index (κ2) is 3.34. The summed E-state index contributed by atoms with van der Waals surface area (Å²) in [6, 6.07) is 0. The lowest BCUT2D eigenvalue weighted by Gasteiger charge is -2.17. The molecule has 1 fully saturated rings. The smallest absolute Gasteiger partial charge is 0.146 e. The van der Waals surface area contributed by atoms with Gasteiger partial charge in [0.1, 0.15) is 6.29 Å². The number of aldehydes is 1. The van der Waals surface area contributed by atoms with Crippen molar-refractivity contribution in [2.75, 3.05) is 0 Å². The predicted octanol–water partition coefficient (Wildman–Crippen LogP) is 3.34. The van der Waals surface area contributed by atoms with Gasteiger partial charge in [-0.05, 0) is 41.2 Å². The molecule has 0 radical (unpaired) electrons. The second-order valence-corrected chi connectivity index (χ2v) is 6.02. The molecule has 3 atom stereocenters. The summed E-state index contributed by atoms with van der Waals surface area (Å²) in [6.07, 6.45) is 6.83. The molecule has 0 saturated heterocycles. The number of hydrogen-bond donors (Lipinski definition) is 0. The highest BCUT2D eigenvalue weighted by Gasteiger charge is 2.62. The molecule has 3 unspecified atom stereocenters. The van der Waals surface area contributed by atoms with Gasteiger partial charge in [0.2, 0.25) is 0 Å². The number of allylic oxidation sites excluding steroid dienone is 1. The van der Waals surface area contributed by atoms with Gasteiger partial charge in [-0.25, -0.2) is 0 Å². The van der Waals surface area contributed by atoms with E-state index in [1.807, 2.05) is 12.5 Å². The van der Waals surface area contributed by atoms with Crippen molar-refractivity contribution in [1.82, 2.24) is 0 Å². The molecule has 0 spiro atoms. The van der Waals surface area contributed by atoms with Crippen LogP contribution in [0.2, 0.25) is 0 Å². The van der Waals surface area contributed by atoms with Crippen LogP contribution in [0.3, 0.4) is 0 Å². The van der Waals surface area contributed by atoms with Crippen LogP contribution < -0.4 is 0 Å². The van der Waals surface area contributed by atoms with Crippen molar-refractivity contribution in [2.24, 2.45) is 17.3 Å². The predicted molar refractivity (Wildman–Crippen MR) is 65.7 cm³/mol. The normalized spacial score (nSPS) is 33.2. The Kier molecular flexibility index (Phi) is 2.13. The standard InChI is InChI=1S/C15H18O2/c1-9(6-16)13-11-8-17-7-10(11)4-5-12-14(13)15(12,2)3/h6-8,12-14H,1,4-5H2,2-3H3. The minimum Gasteiger partial charge on any atom is -0.472 e. The zero-order valence-corrected chi connectivity index (χ0v) is 10.4. The third kappa shape index (κ3) is 1.36. The summed E-state index contributed by atoms with van der Waals surface area (Å²) in [6.45, 7) is 8.56. The lowest BCUT2D eigenvalue weighted by Crippen LogP contribution is -2.09. The van der Waals surface area contributed by atoms with Crippen molar-refractivity contribution < 1.29 is 9.21 Å². The second-order valence-electron chi connectivity index (χ2n) is 6.02. The Morgan fingerprint density at radius 3 is 3.00 bits per heavy atom. The van der Waals surface area contributed by atoms with Crippen LogP contribution in [0.1, 0.15) is 37.3 Å². The Bertz CT molecular complexity index is 481. The van der Waals surface area contributed by atoms with Crippen LogP contribution in [-0.2, 0) is 11.2 Å². The highest BCUT2D eigenvalue weighted by Crippen LogP contribution is 2.68. The zero-order chi connectivity index (χ0) is 12.2. The first-order chi connectivity index (χ1) is 8.07. The van der Waals surface area contributed by atoms with Crippen LogP contribution in [0.25, 0.3) is 0 Å². The molecule has 0 aromatic carbocycles. The first-order valence-electron chi connectivity index (χ1n) is 6.26. The summed E-state index contributed by atoms with van der Waals surface area (Å²) in [5.41, 5.74) is 3.50. The molecule has 2 aliphatic carbocycles. The maximum atomic E-state index is 11.1. The first-order valence-corrected chi connectivity index (χ1v) is 6.26. The molecule has 3 rings (SSSR count). The van der Waals surface area contributed by atoms with Crippen molar-refractivity contribution >= 4 is 6.29 Å². The fraction of sp³-hybridized carbons (Fsp3) is 0.533. The van der Waals surface area contributed by atoms with Crippen LogP contribution in [0.15, 0.2) is 29.1 Å². The van der Waals surface area contributed by atoms with E-state index in [2.05, 4.69) is 20.4 Å². The number of furan rings is 1. The van der Waals surface area contributed by atoms with Crippen LogP contribution in [0.4, 0.5) is 0 Å². The molecule has 1 saturated carbocycles. The Morgan fingerprint density at radius 2 is 2.29 bits per heavy atom. The molecule has 90 valence electrons. The number of fused-ring (bicyclic) bond motifs is 2. The molecular formula is C15H18O2. The molecule has 0 bridgehead atoms. The van der Waals surface area contributed by atoms with E-state index < -0.39 is 0 Å². The van der Waals surface area contributed by atoms with E-state index >= 15 is 0 Å². The lowest BCUT2D eigenvalue weighted by molar-refractivity contribution is -0.105.